The Morgan fingerprint density at radius 2 is 2.23 bits per heavy atom. The zero-order valence-electron chi connectivity index (χ0n) is 12.3. The first kappa shape index (κ1) is 15.2. The van der Waals surface area contributed by atoms with Crippen LogP contribution in [-0.4, -0.2) is 34.6 Å². The molecule has 22 heavy (non-hydrogen) atoms. The standard InChI is InChI=1S/C16H18ClN3O2/c1-10-6-11(17)7-15(21)16(10)14-3-2-12(19-20-14)8-18-13-4-5-22-9-13/h2-3,6-7,13,18,21H,4-5,8-9H2,1H3/t13-/m1/s1. The zero-order valence-corrected chi connectivity index (χ0v) is 13.1. The van der Waals surface area contributed by atoms with Crippen molar-refractivity contribution >= 4 is 11.6 Å². The maximum Gasteiger partial charge on any atom is 0.126 e. The molecular weight excluding hydrogens is 302 g/mol. The van der Waals surface area contributed by atoms with Crippen LogP contribution in [0.5, 0.6) is 5.75 Å². The van der Waals surface area contributed by atoms with Gasteiger partial charge in [-0.05, 0) is 43.2 Å². The molecule has 0 bridgehead atoms. The van der Waals surface area contributed by atoms with Crippen LogP contribution in [0.25, 0.3) is 11.3 Å². The summed E-state index contributed by atoms with van der Waals surface area (Å²) in [6, 6.07) is 7.49. The minimum absolute atomic E-state index is 0.119. The number of ether oxygens (including phenoxy) is 1. The molecule has 1 aliphatic heterocycles. The summed E-state index contributed by atoms with van der Waals surface area (Å²) in [4.78, 5) is 0. The van der Waals surface area contributed by atoms with E-state index in [-0.39, 0.29) is 5.75 Å². The van der Waals surface area contributed by atoms with Gasteiger partial charge in [-0.2, -0.15) is 10.2 Å². The molecule has 0 amide bonds. The lowest BCUT2D eigenvalue weighted by molar-refractivity contribution is 0.189. The Bertz CT molecular complexity index is 632. The van der Waals surface area contributed by atoms with Gasteiger partial charge in [-0.15, -0.1) is 0 Å². The van der Waals surface area contributed by atoms with E-state index in [1.807, 2.05) is 19.1 Å². The molecule has 3 rings (SSSR count). The average Bonchev–Trinajstić information content (AvgIpc) is 2.98. The van der Waals surface area contributed by atoms with Crippen LogP contribution < -0.4 is 5.32 Å². The molecule has 1 aromatic carbocycles. The van der Waals surface area contributed by atoms with Crippen LogP contribution in [0.2, 0.25) is 5.02 Å². The van der Waals surface area contributed by atoms with Gasteiger partial charge in [0.1, 0.15) is 5.75 Å². The number of aryl methyl sites for hydroxylation is 1. The summed E-state index contributed by atoms with van der Waals surface area (Å²) < 4.78 is 5.32. The van der Waals surface area contributed by atoms with Gasteiger partial charge < -0.3 is 15.2 Å². The Labute approximate surface area is 134 Å². The van der Waals surface area contributed by atoms with Crippen molar-refractivity contribution in [2.24, 2.45) is 0 Å². The molecule has 0 saturated carbocycles. The Morgan fingerprint density at radius 3 is 2.86 bits per heavy atom. The van der Waals surface area contributed by atoms with E-state index >= 15 is 0 Å². The Morgan fingerprint density at radius 1 is 1.36 bits per heavy atom. The lowest BCUT2D eigenvalue weighted by Gasteiger charge is -2.11. The van der Waals surface area contributed by atoms with Crippen LogP contribution in [0.4, 0.5) is 0 Å². The molecule has 0 radical (unpaired) electrons. The number of aromatic hydroxyl groups is 1. The van der Waals surface area contributed by atoms with E-state index in [0.717, 1.165) is 30.9 Å². The molecule has 1 aliphatic rings. The van der Waals surface area contributed by atoms with Gasteiger partial charge in [0.25, 0.3) is 0 Å². The number of aromatic nitrogens is 2. The van der Waals surface area contributed by atoms with E-state index in [1.165, 1.54) is 6.07 Å². The number of nitrogens with one attached hydrogen (secondary N) is 1. The van der Waals surface area contributed by atoms with Gasteiger partial charge in [0, 0.05) is 29.8 Å². The molecule has 5 nitrogen and oxygen atoms in total. The van der Waals surface area contributed by atoms with Crippen LogP contribution in [0.15, 0.2) is 24.3 Å². The molecule has 2 aromatic rings. The van der Waals surface area contributed by atoms with E-state index in [2.05, 4.69) is 15.5 Å². The monoisotopic (exact) mass is 319 g/mol. The molecule has 0 spiro atoms. The maximum atomic E-state index is 10.1. The highest BCUT2D eigenvalue weighted by Gasteiger charge is 2.15. The van der Waals surface area contributed by atoms with Crippen molar-refractivity contribution < 1.29 is 9.84 Å². The number of hydrogen-bond donors (Lipinski definition) is 2. The summed E-state index contributed by atoms with van der Waals surface area (Å²) in [6.07, 6.45) is 1.03. The second-order valence-corrected chi connectivity index (χ2v) is 5.90. The van der Waals surface area contributed by atoms with E-state index < -0.39 is 0 Å². The largest absolute Gasteiger partial charge is 0.507 e. The molecule has 1 fully saturated rings. The van der Waals surface area contributed by atoms with Crippen molar-refractivity contribution in [2.75, 3.05) is 13.2 Å². The number of benzene rings is 1. The van der Waals surface area contributed by atoms with Crippen molar-refractivity contribution in [3.63, 3.8) is 0 Å². The van der Waals surface area contributed by atoms with Crippen molar-refractivity contribution in [2.45, 2.75) is 25.9 Å². The third-order valence-electron chi connectivity index (χ3n) is 3.76. The lowest BCUT2D eigenvalue weighted by Crippen LogP contribution is -2.28. The SMILES string of the molecule is Cc1cc(Cl)cc(O)c1-c1ccc(CN[C@@H]2CCOC2)nn1. The molecule has 1 atom stereocenters. The summed E-state index contributed by atoms with van der Waals surface area (Å²) in [5.41, 5.74) is 3.04. The van der Waals surface area contributed by atoms with Crippen LogP contribution in [0, 0.1) is 6.92 Å². The Hall–Kier alpha value is -1.69. The minimum Gasteiger partial charge on any atom is -0.507 e. The van der Waals surface area contributed by atoms with Gasteiger partial charge in [-0.25, -0.2) is 0 Å². The van der Waals surface area contributed by atoms with Gasteiger partial charge in [0.05, 0.1) is 18.0 Å². The second-order valence-electron chi connectivity index (χ2n) is 5.47. The number of hydrogen-bond acceptors (Lipinski definition) is 5. The summed E-state index contributed by atoms with van der Waals surface area (Å²) in [7, 11) is 0. The molecule has 0 aliphatic carbocycles. The van der Waals surface area contributed by atoms with Gasteiger partial charge in [0.2, 0.25) is 0 Å². The summed E-state index contributed by atoms with van der Waals surface area (Å²) in [5.74, 6) is 0.119. The van der Waals surface area contributed by atoms with Crippen molar-refractivity contribution in [1.82, 2.24) is 15.5 Å². The van der Waals surface area contributed by atoms with Crippen LogP contribution in [0.1, 0.15) is 17.7 Å². The van der Waals surface area contributed by atoms with E-state index in [4.69, 9.17) is 16.3 Å². The third kappa shape index (κ3) is 3.38. The molecule has 2 N–H and O–H groups in total. The molecule has 2 heterocycles. The third-order valence-corrected chi connectivity index (χ3v) is 3.98. The van der Waals surface area contributed by atoms with Crippen molar-refractivity contribution in [3.05, 3.63) is 40.5 Å². The minimum atomic E-state index is 0.119. The fraction of sp³-hybridized carbons (Fsp3) is 0.375. The van der Waals surface area contributed by atoms with E-state index in [1.54, 1.807) is 6.07 Å². The zero-order chi connectivity index (χ0) is 15.5. The maximum absolute atomic E-state index is 10.1. The number of phenols is 1. The number of rotatable bonds is 4. The topological polar surface area (TPSA) is 67.3 Å². The quantitative estimate of drug-likeness (QED) is 0.907. The van der Waals surface area contributed by atoms with Crippen LogP contribution in [-0.2, 0) is 11.3 Å². The van der Waals surface area contributed by atoms with Gasteiger partial charge >= 0.3 is 0 Å². The van der Waals surface area contributed by atoms with Crippen LogP contribution in [0.3, 0.4) is 0 Å². The molecule has 1 saturated heterocycles. The molecule has 1 aromatic heterocycles. The van der Waals surface area contributed by atoms with E-state index in [0.29, 0.717) is 28.9 Å². The average molecular weight is 320 g/mol. The summed E-state index contributed by atoms with van der Waals surface area (Å²) >= 11 is 5.92. The van der Waals surface area contributed by atoms with Crippen molar-refractivity contribution in [1.29, 1.82) is 0 Å². The fourth-order valence-electron chi connectivity index (χ4n) is 2.59. The Balaban J connectivity index is 1.74. The predicted octanol–water partition coefficient (Wildman–Crippen LogP) is 2.69. The highest BCUT2D eigenvalue weighted by atomic mass is 35.5. The van der Waals surface area contributed by atoms with Gasteiger partial charge in [-0.3, -0.25) is 0 Å². The summed E-state index contributed by atoms with van der Waals surface area (Å²) in [5, 5.41) is 22.4. The number of phenolic OH excluding ortho intramolecular Hbond substituents is 1. The molecule has 0 unspecified atom stereocenters. The first-order chi connectivity index (χ1) is 10.6. The van der Waals surface area contributed by atoms with Gasteiger partial charge in [0.15, 0.2) is 0 Å². The van der Waals surface area contributed by atoms with Crippen LogP contribution >= 0.6 is 11.6 Å². The smallest absolute Gasteiger partial charge is 0.126 e. The lowest BCUT2D eigenvalue weighted by atomic mass is 10.0. The van der Waals surface area contributed by atoms with E-state index in [9.17, 15) is 5.11 Å². The molecular formula is C16H18ClN3O2. The predicted molar refractivity (Wildman–Crippen MR) is 84.9 cm³/mol. The normalized spacial score (nSPS) is 17.8. The first-order valence-corrected chi connectivity index (χ1v) is 7.64. The number of halogens is 1. The van der Waals surface area contributed by atoms with Gasteiger partial charge in [-0.1, -0.05) is 11.6 Å². The first-order valence-electron chi connectivity index (χ1n) is 7.26. The highest BCUT2D eigenvalue weighted by Crippen LogP contribution is 2.33. The Kier molecular flexibility index (Phi) is 4.57. The molecule has 116 valence electrons. The number of nitrogens with zero attached hydrogens (tertiary/aromatic N) is 2. The molecule has 6 heteroatoms. The van der Waals surface area contributed by atoms with Crippen molar-refractivity contribution in [3.8, 4) is 17.0 Å². The fourth-order valence-corrected chi connectivity index (χ4v) is 2.86. The second kappa shape index (κ2) is 6.60. The highest BCUT2D eigenvalue weighted by molar-refractivity contribution is 6.31. The summed E-state index contributed by atoms with van der Waals surface area (Å²) in [6.45, 7) is 4.12.